The lowest BCUT2D eigenvalue weighted by atomic mass is 9.96. The van der Waals surface area contributed by atoms with Crippen LogP contribution in [0.5, 0.6) is 5.75 Å². The summed E-state index contributed by atoms with van der Waals surface area (Å²) in [5.41, 5.74) is 3.06. The normalized spacial score (nSPS) is 16.7. The van der Waals surface area contributed by atoms with E-state index in [-0.39, 0.29) is 11.1 Å². The van der Waals surface area contributed by atoms with E-state index in [0.29, 0.717) is 17.4 Å². The molecule has 0 aliphatic carbocycles. The zero-order valence-corrected chi connectivity index (χ0v) is 13.5. The number of nitrogens with one attached hydrogen (secondary N) is 1. The summed E-state index contributed by atoms with van der Waals surface area (Å²) in [5, 5.41) is 1.95. The summed E-state index contributed by atoms with van der Waals surface area (Å²) in [6.07, 6.45) is 1.77. The standard InChI is InChI=1S/C16H19NO3S/c1-5-20-13-6-10(4)11(7-12(13)9(2)3)8-14-15(18)17-16(19)21-14/h6-9H,5H2,1-4H3,(H,17,18,19)/b14-8+. The number of imide groups is 1. The summed E-state index contributed by atoms with van der Waals surface area (Å²) in [5.74, 6) is 0.868. The Labute approximate surface area is 128 Å². The number of benzene rings is 1. The van der Waals surface area contributed by atoms with Crippen LogP contribution in [0, 0.1) is 6.92 Å². The van der Waals surface area contributed by atoms with E-state index in [1.165, 1.54) is 0 Å². The van der Waals surface area contributed by atoms with Gasteiger partial charge in [-0.3, -0.25) is 14.9 Å². The van der Waals surface area contributed by atoms with Gasteiger partial charge in [0.05, 0.1) is 11.5 Å². The Morgan fingerprint density at radius 1 is 1.33 bits per heavy atom. The number of rotatable bonds is 4. The van der Waals surface area contributed by atoms with Crippen molar-refractivity contribution in [3.05, 3.63) is 33.7 Å². The number of hydrogen-bond donors (Lipinski definition) is 1. The Hall–Kier alpha value is -1.75. The zero-order valence-electron chi connectivity index (χ0n) is 12.6. The van der Waals surface area contributed by atoms with Crippen molar-refractivity contribution >= 4 is 29.0 Å². The van der Waals surface area contributed by atoms with E-state index in [9.17, 15) is 9.59 Å². The van der Waals surface area contributed by atoms with Crippen LogP contribution in [-0.4, -0.2) is 17.8 Å². The molecule has 1 fully saturated rings. The van der Waals surface area contributed by atoms with Gasteiger partial charge in [0.2, 0.25) is 0 Å². The molecule has 2 rings (SSSR count). The second kappa shape index (κ2) is 6.35. The first-order valence-corrected chi connectivity index (χ1v) is 7.76. The van der Waals surface area contributed by atoms with Crippen LogP contribution in [-0.2, 0) is 4.79 Å². The zero-order chi connectivity index (χ0) is 15.6. The Morgan fingerprint density at radius 2 is 2.05 bits per heavy atom. The molecule has 1 aliphatic rings. The minimum Gasteiger partial charge on any atom is -0.494 e. The molecule has 0 radical (unpaired) electrons. The first-order chi connectivity index (χ1) is 9.92. The molecule has 1 saturated heterocycles. The van der Waals surface area contributed by atoms with Gasteiger partial charge < -0.3 is 4.74 Å². The molecular formula is C16H19NO3S. The first kappa shape index (κ1) is 15.6. The van der Waals surface area contributed by atoms with Crippen molar-refractivity contribution < 1.29 is 14.3 Å². The van der Waals surface area contributed by atoms with Gasteiger partial charge in [-0.05, 0) is 66.4 Å². The second-order valence-electron chi connectivity index (χ2n) is 5.19. The van der Waals surface area contributed by atoms with Crippen molar-refractivity contribution in [1.82, 2.24) is 5.32 Å². The van der Waals surface area contributed by atoms with Gasteiger partial charge in [0.15, 0.2) is 0 Å². The smallest absolute Gasteiger partial charge is 0.290 e. The summed E-state index contributed by atoms with van der Waals surface area (Å²) in [6.45, 7) is 8.75. The molecule has 0 bridgehead atoms. The maximum Gasteiger partial charge on any atom is 0.290 e. The molecule has 1 aromatic rings. The third-order valence-electron chi connectivity index (χ3n) is 3.25. The lowest BCUT2D eigenvalue weighted by Gasteiger charge is -2.16. The van der Waals surface area contributed by atoms with Gasteiger partial charge in [-0.2, -0.15) is 0 Å². The summed E-state index contributed by atoms with van der Waals surface area (Å²) in [4.78, 5) is 23.3. The van der Waals surface area contributed by atoms with E-state index in [0.717, 1.165) is 34.2 Å². The molecule has 112 valence electrons. The number of hydrogen-bond acceptors (Lipinski definition) is 4. The van der Waals surface area contributed by atoms with E-state index < -0.39 is 0 Å². The van der Waals surface area contributed by atoms with Crippen molar-refractivity contribution in [2.24, 2.45) is 0 Å². The third kappa shape index (κ3) is 3.47. The third-order valence-corrected chi connectivity index (χ3v) is 4.06. The lowest BCUT2D eigenvalue weighted by molar-refractivity contribution is -0.115. The van der Waals surface area contributed by atoms with Gasteiger partial charge >= 0.3 is 0 Å². The molecule has 4 nitrogen and oxygen atoms in total. The van der Waals surface area contributed by atoms with E-state index in [4.69, 9.17) is 4.74 Å². The predicted octanol–water partition coefficient (Wildman–Crippen LogP) is 3.84. The van der Waals surface area contributed by atoms with E-state index in [1.807, 2.05) is 26.0 Å². The van der Waals surface area contributed by atoms with Gasteiger partial charge in [-0.1, -0.05) is 13.8 Å². The Morgan fingerprint density at radius 3 is 2.57 bits per heavy atom. The SMILES string of the molecule is CCOc1cc(C)c(/C=C2/SC(=O)NC2=O)cc1C(C)C. The highest BCUT2D eigenvalue weighted by Gasteiger charge is 2.25. The topological polar surface area (TPSA) is 55.4 Å². The summed E-state index contributed by atoms with van der Waals surface area (Å²) in [6, 6.07) is 4.03. The van der Waals surface area contributed by atoms with Gasteiger partial charge in [0.1, 0.15) is 5.75 Å². The number of amides is 2. The molecule has 1 aliphatic heterocycles. The van der Waals surface area contributed by atoms with Crippen LogP contribution in [0.2, 0.25) is 0 Å². The van der Waals surface area contributed by atoms with E-state index in [2.05, 4.69) is 19.2 Å². The molecule has 0 spiro atoms. The first-order valence-electron chi connectivity index (χ1n) is 6.94. The van der Waals surface area contributed by atoms with Crippen LogP contribution in [0.3, 0.4) is 0 Å². The molecule has 5 heteroatoms. The fourth-order valence-electron chi connectivity index (χ4n) is 2.17. The van der Waals surface area contributed by atoms with E-state index >= 15 is 0 Å². The fraction of sp³-hybridized carbons (Fsp3) is 0.375. The minimum absolute atomic E-state index is 0.316. The quantitative estimate of drug-likeness (QED) is 0.859. The molecule has 0 unspecified atom stereocenters. The van der Waals surface area contributed by atoms with Crippen LogP contribution in [0.4, 0.5) is 4.79 Å². The number of carbonyl (C=O) groups is 2. The van der Waals surface area contributed by atoms with Crippen molar-refractivity contribution in [2.75, 3.05) is 6.61 Å². The van der Waals surface area contributed by atoms with Crippen molar-refractivity contribution in [3.8, 4) is 5.75 Å². The Balaban J connectivity index is 2.45. The summed E-state index contributed by atoms with van der Waals surface area (Å²) < 4.78 is 5.68. The van der Waals surface area contributed by atoms with Gasteiger partial charge in [0.25, 0.3) is 11.1 Å². The van der Waals surface area contributed by atoms with Gasteiger partial charge in [0, 0.05) is 0 Å². The average Bonchev–Trinajstić information content (AvgIpc) is 2.71. The summed E-state index contributed by atoms with van der Waals surface area (Å²) >= 11 is 0.936. The number of carbonyl (C=O) groups excluding carboxylic acids is 2. The Bertz CT molecular complexity index is 620. The number of aryl methyl sites for hydroxylation is 1. The molecular weight excluding hydrogens is 286 g/mol. The van der Waals surface area contributed by atoms with Crippen LogP contribution in [0.1, 0.15) is 43.4 Å². The highest BCUT2D eigenvalue weighted by atomic mass is 32.2. The molecule has 1 N–H and O–H groups in total. The van der Waals surface area contributed by atoms with Crippen LogP contribution < -0.4 is 10.1 Å². The molecule has 0 saturated carbocycles. The second-order valence-corrected chi connectivity index (χ2v) is 6.20. The highest BCUT2D eigenvalue weighted by Crippen LogP contribution is 2.33. The van der Waals surface area contributed by atoms with Crippen molar-refractivity contribution in [3.63, 3.8) is 0 Å². The molecule has 1 heterocycles. The predicted molar refractivity (Wildman–Crippen MR) is 85.5 cm³/mol. The van der Waals surface area contributed by atoms with Crippen molar-refractivity contribution in [2.45, 2.75) is 33.6 Å². The molecule has 21 heavy (non-hydrogen) atoms. The van der Waals surface area contributed by atoms with Crippen LogP contribution in [0.25, 0.3) is 6.08 Å². The molecule has 0 atom stereocenters. The van der Waals surface area contributed by atoms with Crippen molar-refractivity contribution in [1.29, 1.82) is 0 Å². The lowest BCUT2D eigenvalue weighted by Crippen LogP contribution is -2.17. The maximum atomic E-state index is 11.6. The Kier molecular flexibility index (Phi) is 4.73. The largest absolute Gasteiger partial charge is 0.494 e. The van der Waals surface area contributed by atoms with Gasteiger partial charge in [-0.25, -0.2) is 0 Å². The molecule has 2 amide bonds. The van der Waals surface area contributed by atoms with Crippen LogP contribution >= 0.6 is 11.8 Å². The highest BCUT2D eigenvalue weighted by molar-refractivity contribution is 8.18. The van der Waals surface area contributed by atoms with Crippen LogP contribution in [0.15, 0.2) is 17.0 Å². The molecule has 1 aromatic carbocycles. The molecule has 0 aromatic heterocycles. The minimum atomic E-state index is -0.329. The average molecular weight is 305 g/mol. The summed E-state index contributed by atoms with van der Waals surface area (Å²) in [7, 11) is 0. The van der Waals surface area contributed by atoms with Gasteiger partial charge in [-0.15, -0.1) is 0 Å². The maximum absolute atomic E-state index is 11.6. The number of thioether (sulfide) groups is 1. The number of ether oxygens (including phenoxy) is 1. The monoisotopic (exact) mass is 305 g/mol. The fourth-order valence-corrected chi connectivity index (χ4v) is 2.84. The van der Waals surface area contributed by atoms with E-state index in [1.54, 1.807) is 6.08 Å².